The molecule has 120 valence electrons. The zero-order valence-corrected chi connectivity index (χ0v) is 14.4. The lowest BCUT2D eigenvalue weighted by Crippen LogP contribution is -2.59. The van der Waals surface area contributed by atoms with Gasteiger partial charge in [-0.1, -0.05) is 40.5 Å². The summed E-state index contributed by atoms with van der Waals surface area (Å²) in [4.78, 5) is 2.41. The number of hydrogen-bond donors (Lipinski definition) is 1. The molecule has 1 rings (SSSR count). The Morgan fingerprint density at radius 1 is 1.30 bits per heavy atom. The quantitative estimate of drug-likeness (QED) is 0.744. The van der Waals surface area contributed by atoms with Gasteiger partial charge in [0.05, 0.1) is 5.75 Å². The fraction of sp³-hybridized carbons (Fsp3) is 1.00. The SMILES string of the molecule is CCCC1CN(CCS(=O)(=O)CC)C(C(C)CC)CN1. The number of rotatable bonds is 8. The maximum Gasteiger partial charge on any atom is 0.151 e. The Labute approximate surface area is 125 Å². The van der Waals surface area contributed by atoms with Crippen molar-refractivity contribution < 1.29 is 8.42 Å². The van der Waals surface area contributed by atoms with Gasteiger partial charge in [-0.05, 0) is 12.3 Å². The first-order chi connectivity index (χ1) is 9.43. The van der Waals surface area contributed by atoms with Crippen molar-refractivity contribution in [1.29, 1.82) is 0 Å². The molecule has 1 N–H and O–H groups in total. The van der Waals surface area contributed by atoms with E-state index in [4.69, 9.17) is 0 Å². The molecule has 0 bridgehead atoms. The molecule has 1 heterocycles. The highest BCUT2D eigenvalue weighted by Gasteiger charge is 2.30. The van der Waals surface area contributed by atoms with E-state index >= 15 is 0 Å². The molecule has 1 aliphatic rings. The minimum absolute atomic E-state index is 0.255. The van der Waals surface area contributed by atoms with Crippen molar-refractivity contribution >= 4 is 9.84 Å². The summed E-state index contributed by atoms with van der Waals surface area (Å²) in [5, 5.41) is 3.64. The molecule has 1 fully saturated rings. The molecule has 0 aromatic rings. The number of piperazine rings is 1. The second kappa shape index (κ2) is 8.35. The lowest BCUT2D eigenvalue weighted by molar-refractivity contribution is 0.0952. The molecule has 5 heteroatoms. The predicted molar refractivity (Wildman–Crippen MR) is 85.8 cm³/mol. The number of nitrogens with one attached hydrogen (secondary N) is 1. The van der Waals surface area contributed by atoms with Crippen molar-refractivity contribution in [1.82, 2.24) is 10.2 Å². The topological polar surface area (TPSA) is 49.4 Å². The molecule has 0 aliphatic carbocycles. The van der Waals surface area contributed by atoms with Crippen LogP contribution in [0.3, 0.4) is 0 Å². The lowest BCUT2D eigenvalue weighted by atomic mass is 9.94. The van der Waals surface area contributed by atoms with E-state index in [-0.39, 0.29) is 5.75 Å². The van der Waals surface area contributed by atoms with E-state index in [2.05, 4.69) is 31.0 Å². The van der Waals surface area contributed by atoms with Crippen LogP contribution in [0.2, 0.25) is 0 Å². The van der Waals surface area contributed by atoms with Gasteiger partial charge in [-0.3, -0.25) is 4.90 Å². The third kappa shape index (κ3) is 5.34. The Morgan fingerprint density at radius 3 is 2.55 bits per heavy atom. The van der Waals surface area contributed by atoms with Crippen LogP contribution in [-0.2, 0) is 9.84 Å². The van der Waals surface area contributed by atoms with Crippen molar-refractivity contribution in [3.05, 3.63) is 0 Å². The average molecular weight is 305 g/mol. The Bertz CT molecular complexity index is 370. The summed E-state index contributed by atoms with van der Waals surface area (Å²) in [6, 6.07) is 0.991. The lowest BCUT2D eigenvalue weighted by Gasteiger charge is -2.43. The maximum absolute atomic E-state index is 11.8. The van der Waals surface area contributed by atoms with E-state index in [1.54, 1.807) is 6.92 Å². The number of hydrogen-bond acceptors (Lipinski definition) is 4. The van der Waals surface area contributed by atoms with Gasteiger partial charge in [0.1, 0.15) is 0 Å². The highest BCUT2D eigenvalue weighted by atomic mass is 32.2. The summed E-state index contributed by atoms with van der Waals surface area (Å²) in [7, 11) is -2.87. The van der Waals surface area contributed by atoms with E-state index in [0.29, 0.717) is 30.3 Å². The van der Waals surface area contributed by atoms with Gasteiger partial charge < -0.3 is 5.32 Å². The van der Waals surface area contributed by atoms with Crippen LogP contribution >= 0.6 is 0 Å². The zero-order chi connectivity index (χ0) is 15.2. The Hall–Kier alpha value is -0.130. The monoisotopic (exact) mass is 304 g/mol. The standard InChI is InChI=1S/C15H32N2O2S/c1-5-8-14-12-17(9-10-20(18,19)7-3)15(11-16-14)13(4)6-2/h13-16H,5-12H2,1-4H3. The highest BCUT2D eigenvalue weighted by molar-refractivity contribution is 7.91. The summed E-state index contributed by atoms with van der Waals surface area (Å²) in [5.74, 6) is 1.16. The predicted octanol–water partition coefficient (Wildman–Crippen LogP) is 1.91. The first-order valence-corrected chi connectivity index (χ1v) is 9.93. The summed E-state index contributed by atoms with van der Waals surface area (Å²) < 4.78 is 23.5. The average Bonchev–Trinajstić information content (AvgIpc) is 2.45. The summed E-state index contributed by atoms with van der Waals surface area (Å²) >= 11 is 0. The van der Waals surface area contributed by atoms with Crippen molar-refractivity contribution in [2.45, 2.75) is 59.0 Å². The van der Waals surface area contributed by atoms with E-state index in [1.807, 2.05) is 0 Å². The molecule has 1 saturated heterocycles. The second-order valence-corrected chi connectivity index (χ2v) is 8.55. The van der Waals surface area contributed by atoms with Crippen LogP contribution in [-0.4, -0.2) is 56.5 Å². The van der Waals surface area contributed by atoms with Crippen LogP contribution in [0, 0.1) is 5.92 Å². The molecular weight excluding hydrogens is 272 g/mol. The minimum Gasteiger partial charge on any atom is -0.311 e. The molecule has 4 nitrogen and oxygen atoms in total. The van der Waals surface area contributed by atoms with Crippen molar-refractivity contribution in [2.24, 2.45) is 5.92 Å². The molecule has 20 heavy (non-hydrogen) atoms. The Balaban J connectivity index is 2.66. The van der Waals surface area contributed by atoms with Crippen molar-refractivity contribution in [3.63, 3.8) is 0 Å². The third-order valence-corrected chi connectivity index (χ3v) is 6.29. The molecule has 1 aliphatic heterocycles. The minimum atomic E-state index is -2.87. The van der Waals surface area contributed by atoms with Crippen LogP contribution in [0.25, 0.3) is 0 Å². The third-order valence-electron chi connectivity index (χ3n) is 4.61. The molecule has 0 radical (unpaired) electrons. The first kappa shape index (κ1) is 17.9. The van der Waals surface area contributed by atoms with Crippen molar-refractivity contribution in [3.8, 4) is 0 Å². The van der Waals surface area contributed by atoms with Gasteiger partial charge in [0.25, 0.3) is 0 Å². The summed E-state index contributed by atoms with van der Waals surface area (Å²) in [6.07, 6.45) is 3.48. The van der Waals surface area contributed by atoms with Crippen LogP contribution in [0.15, 0.2) is 0 Å². The zero-order valence-electron chi connectivity index (χ0n) is 13.6. The summed E-state index contributed by atoms with van der Waals surface area (Å²) in [6.45, 7) is 11.1. The van der Waals surface area contributed by atoms with E-state index in [0.717, 1.165) is 19.5 Å². The van der Waals surface area contributed by atoms with Crippen LogP contribution < -0.4 is 5.32 Å². The smallest absolute Gasteiger partial charge is 0.151 e. The van der Waals surface area contributed by atoms with Gasteiger partial charge in [-0.25, -0.2) is 8.42 Å². The van der Waals surface area contributed by atoms with Crippen molar-refractivity contribution in [2.75, 3.05) is 31.1 Å². The number of sulfone groups is 1. The molecule has 3 atom stereocenters. The van der Waals surface area contributed by atoms with Gasteiger partial charge in [-0.15, -0.1) is 0 Å². The molecule has 3 unspecified atom stereocenters. The van der Waals surface area contributed by atoms with Gasteiger partial charge in [0, 0.05) is 37.5 Å². The van der Waals surface area contributed by atoms with Crippen LogP contribution in [0.4, 0.5) is 0 Å². The van der Waals surface area contributed by atoms with Gasteiger partial charge in [0.2, 0.25) is 0 Å². The molecule has 0 aromatic carbocycles. The first-order valence-electron chi connectivity index (χ1n) is 8.11. The van der Waals surface area contributed by atoms with Crippen LogP contribution in [0.1, 0.15) is 47.0 Å². The molecule has 0 aromatic heterocycles. The fourth-order valence-electron chi connectivity index (χ4n) is 2.93. The highest BCUT2D eigenvalue weighted by Crippen LogP contribution is 2.19. The second-order valence-electron chi connectivity index (χ2n) is 6.08. The Morgan fingerprint density at radius 2 is 2.00 bits per heavy atom. The van der Waals surface area contributed by atoms with Gasteiger partial charge in [-0.2, -0.15) is 0 Å². The fourth-order valence-corrected chi connectivity index (χ4v) is 3.73. The largest absolute Gasteiger partial charge is 0.311 e. The molecule has 0 saturated carbocycles. The molecule has 0 spiro atoms. The maximum atomic E-state index is 11.8. The molecule has 0 amide bonds. The normalized spacial score (nSPS) is 26.6. The summed E-state index contributed by atoms with van der Waals surface area (Å²) in [5.41, 5.74) is 0. The number of nitrogens with zero attached hydrogens (tertiary/aromatic N) is 1. The van der Waals surface area contributed by atoms with Crippen LogP contribution in [0.5, 0.6) is 0 Å². The Kier molecular flexibility index (Phi) is 7.48. The van der Waals surface area contributed by atoms with E-state index in [9.17, 15) is 8.42 Å². The molecular formula is C15H32N2O2S. The van der Waals surface area contributed by atoms with Gasteiger partial charge in [0.15, 0.2) is 9.84 Å². The van der Waals surface area contributed by atoms with E-state index < -0.39 is 9.84 Å². The van der Waals surface area contributed by atoms with E-state index in [1.165, 1.54) is 12.8 Å². The van der Waals surface area contributed by atoms with Gasteiger partial charge >= 0.3 is 0 Å².